The van der Waals surface area contributed by atoms with Crippen LogP contribution in [0.1, 0.15) is 11.6 Å². The van der Waals surface area contributed by atoms with Gasteiger partial charge in [0, 0.05) is 39.2 Å². The zero-order chi connectivity index (χ0) is 13.1. The van der Waals surface area contributed by atoms with E-state index in [1.165, 1.54) is 11.3 Å². The minimum absolute atomic E-state index is 0.255. The van der Waals surface area contributed by atoms with Crippen molar-refractivity contribution < 1.29 is 0 Å². The molecule has 1 aliphatic rings. The summed E-state index contributed by atoms with van der Waals surface area (Å²) in [7, 11) is 4.20. The molecule has 2 atom stereocenters. The Morgan fingerprint density at radius 1 is 1.56 bits per heavy atom. The number of nitrogens with zero attached hydrogens (tertiary/aromatic N) is 1. The molecule has 0 radical (unpaired) electrons. The summed E-state index contributed by atoms with van der Waals surface area (Å²) in [4.78, 5) is 2.42. The first-order chi connectivity index (χ1) is 8.65. The van der Waals surface area contributed by atoms with Crippen LogP contribution in [0.4, 0.5) is 0 Å². The van der Waals surface area contributed by atoms with E-state index in [0.717, 1.165) is 21.8 Å². The second-order valence-corrected chi connectivity index (χ2v) is 6.94. The number of benzene rings is 1. The van der Waals surface area contributed by atoms with Gasteiger partial charge in [0.1, 0.15) is 0 Å². The number of rotatable bonds is 3. The fraction of sp³-hybridized carbons (Fsp3) is 0.538. The molecule has 1 heterocycles. The highest BCUT2D eigenvalue weighted by Crippen LogP contribution is 2.35. The van der Waals surface area contributed by atoms with E-state index in [0.29, 0.717) is 6.04 Å². The average Bonchev–Trinajstić information content (AvgIpc) is 2.35. The van der Waals surface area contributed by atoms with Crippen LogP contribution in [0.3, 0.4) is 0 Å². The second kappa shape index (κ2) is 6.62. The maximum atomic E-state index is 6.37. The van der Waals surface area contributed by atoms with E-state index >= 15 is 0 Å². The summed E-state index contributed by atoms with van der Waals surface area (Å²) in [5.74, 6) is 2.35. The number of likely N-dealkylation sites (N-methyl/N-ethyl adjacent to an activating group) is 2. The Morgan fingerprint density at radius 3 is 2.94 bits per heavy atom. The molecule has 1 saturated heterocycles. The van der Waals surface area contributed by atoms with Crippen LogP contribution in [0.2, 0.25) is 5.02 Å². The third-order valence-corrected chi connectivity index (χ3v) is 5.52. The number of hydrogen-bond donors (Lipinski definition) is 1. The van der Waals surface area contributed by atoms with Crippen molar-refractivity contribution >= 4 is 39.3 Å². The molecule has 18 heavy (non-hydrogen) atoms. The van der Waals surface area contributed by atoms with E-state index in [9.17, 15) is 0 Å². The van der Waals surface area contributed by atoms with Gasteiger partial charge in [-0.2, -0.15) is 11.8 Å². The van der Waals surface area contributed by atoms with Gasteiger partial charge in [-0.15, -0.1) is 0 Å². The van der Waals surface area contributed by atoms with Crippen molar-refractivity contribution in [3.63, 3.8) is 0 Å². The van der Waals surface area contributed by atoms with Crippen LogP contribution < -0.4 is 5.32 Å². The number of nitrogens with one attached hydrogen (secondary N) is 1. The summed E-state index contributed by atoms with van der Waals surface area (Å²) in [6.45, 7) is 1.13. The lowest BCUT2D eigenvalue weighted by atomic mass is 9.99. The standard InChI is InChI=1S/C13H18BrClN2S/c1-16-13(11-8-18-7-6-17(11)2)12-9(14)4-3-5-10(12)15/h3-5,11,13,16H,6-8H2,1-2H3. The molecule has 100 valence electrons. The van der Waals surface area contributed by atoms with Gasteiger partial charge in [0.05, 0.1) is 6.04 Å². The lowest BCUT2D eigenvalue weighted by Gasteiger charge is -2.38. The Kier molecular flexibility index (Phi) is 5.39. The maximum Gasteiger partial charge on any atom is 0.0509 e. The predicted octanol–water partition coefficient (Wildman–Crippen LogP) is 3.41. The van der Waals surface area contributed by atoms with Gasteiger partial charge in [-0.25, -0.2) is 0 Å². The molecule has 5 heteroatoms. The summed E-state index contributed by atoms with van der Waals surface area (Å²) in [6, 6.07) is 6.72. The van der Waals surface area contributed by atoms with Crippen molar-refractivity contribution in [2.45, 2.75) is 12.1 Å². The molecular formula is C13H18BrClN2S. The van der Waals surface area contributed by atoms with Gasteiger partial charge >= 0.3 is 0 Å². The number of hydrogen-bond acceptors (Lipinski definition) is 3. The lowest BCUT2D eigenvalue weighted by Crippen LogP contribution is -2.47. The largest absolute Gasteiger partial charge is 0.312 e. The second-order valence-electron chi connectivity index (χ2n) is 4.52. The molecule has 1 aromatic carbocycles. The summed E-state index contributed by atoms with van der Waals surface area (Å²) in [5, 5.41) is 4.26. The molecular weight excluding hydrogens is 332 g/mol. The van der Waals surface area contributed by atoms with Gasteiger partial charge in [0.25, 0.3) is 0 Å². The van der Waals surface area contributed by atoms with E-state index < -0.39 is 0 Å². The molecule has 0 saturated carbocycles. The van der Waals surface area contributed by atoms with Crippen LogP contribution in [0.5, 0.6) is 0 Å². The Bertz CT molecular complexity index is 396. The van der Waals surface area contributed by atoms with Crippen LogP contribution in [0.25, 0.3) is 0 Å². The van der Waals surface area contributed by atoms with E-state index in [1.54, 1.807) is 0 Å². The fourth-order valence-corrected chi connectivity index (χ4v) is 4.68. The van der Waals surface area contributed by atoms with Crippen molar-refractivity contribution in [1.82, 2.24) is 10.2 Å². The van der Waals surface area contributed by atoms with E-state index in [4.69, 9.17) is 11.6 Å². The van der Waals surface area contributed by atoms with Crippen LogP contribution in [0, 0.1) is 0 Å². The summed E-state index contributed by atoms with van der Waals surface area (Å²) >= 11 is 12.0. The molecule has 1 aliphatic heterocycles. The zero-order valence-corrected chi connectivity index (χ0v) is 13.8. The maximum absolute atomic E-state index is 6.37. The Hall–Kier alpha value is 0.260. The van der Waals surface area contributed by atoms with Crippen LogP contribution in [-0.4, -0.2) is 43.1 Å². The summed E-state index contributed by atoms with van der Waals surface area (Å²) in [6.07, 6.45) is 0. The topological polar surface area (TPSA) is 15.3 Å². The molecule has 2 nitrogen and oxygen atoms in total. The first kappa shape index (κ1) is 14.7. The first-order valence-electron chi connectivity index (χ1n) is 6.04. The lowest BCUT2D eigenvalue weighted by molar-refractivity contribution is 0.221. The van der Waals surface area contributed by atoms with Gasteiger partial charge in [-0.1, -0.05) is 33.6 Å². The molecule has 0 spiro atoms. The highest BCUT2D eigenvalue weighted by Gasteiger charge is 2.30. The zero-order valence-electron chi connectivity index (χ0n) is 10.6. The van der Waals surface area contributed by atoms with Crippen molar-refractivity contribution in [1.29, 1.82) is 0 Å². The minimum Gasteiger partial charge on any atom is -0.312 e. The SMILES string of the molecule is CNC(c1c(Cl)cccc1Br)C1CSCCN1C. The average molecular weight is 350 g/mol. The minimum atomic E-state index is 0.255. The molecule has 1 fully saturated rings. The third kappa shape index (κ3) is 3.05. The quantitative estimate of drug-likeness (QED) is 0.900. The molecule has 0 aromatic heterocycles. The van der Waals surface area contributed by atoms with E-state index in [2.05, 4.69) is 39.3 Å². The van der Waals surface area contributed by atoms with Crippen molar-refractivity contribution in [2.24, 2.45) is 0 Å². The van der Waals surface area contributed by atoms with Gasteiger partial charge in [-0.3, -0.25) is 4.90 Å². The number of thioether (sulfide) groups is 1. The van der Waals surface area contributed by atoms with Crippen LogP contribution in [0.15, 0.2) is 22.7 Å². The Labute approximate surface area is 127 Å². The molecule has 0 amide bonds. The first-order valence-corrected chi connectivity index (χ1v) is 8.37. The van der Waals surface area contributed by atoms with Gasteiger partial charge in [0.2, 0.25) is 0 Å². The normalized spacial score (nSPS) is 23.0. The molecule has 1 aromatic rings. The summed E-state index contributed by atoms with van der Waals surface area (Å²) in [5.41, 5.74) is 1.17. The Balaban J connectivity index is 2.32. The molecule has 0 bridgehead atoms. The van der Waals surface area contributed by atoms with Gasteiger partial charge in [-0.05, 0) is 26.2 Å². The molecule has 0 aliphatic carbocycles. The highest BCUT2D eigenvalue weighted by atomic mass is 79.9. The van der Waals surface area contributed by atoms with Crippen molar-refractivity contribution in [3.8, 4) is 0 Å². The van der Waals surface area contributed by atoms with Crippen LogP contribution >= 0.6 is 39.3 Å². The molecule has 2 unspecified atom stereocenters. The third-order valence-electron chi connectivity index (χ3n) is 3.45. The smallest absolute Gasteiger partial charge is 0.0509 e. The van der Waals surface area contributed by atoms with E-state index in [1.807, 2.05) is 30.9 Å². The van der Waals surface area contributed by atoms with Crippen LogP contribution in [-0.2, 0) is 0 Å². The van der Waals surface area contributed by atoms with Crippen molar-refractivity contribution in [3.05, 3.63) is 33.3 Å². The monoisotopic (exact) mass is 348 g/mol. The van der Waals surface area contributed by atoms with E-state index in [-0.39, 0.29) is 6.04 Å². The fourth-order valence-electron chi connectivity index (χ4n) is 2.39. The summed E-state index contributed by atoms with van der Waals surface area (Å²) < 4.78 is 1.08. The number of halogens is 2. The van der Waals surface area contributed by atoms with Gasteiger partial charge in [0.15, 0.2) is 0 Å². The Morgan fingerprint density at radius 2 is 2.33 bits per heavy atom. The van der Waals surface area contributed by atoms with Gasteiger partial charge < -0.3 is 5.32 Å². The van der Waals surface area contributed by atoms with Crippen molar-refractivity contribution in [2.75, 3.05) is 32.1 Å². The molecule has 1 N–H and O–H groups in total. The predicted molar refractivity (Wildman–Crippen MR) is 84.7 cm³/mol. The molecule has 2 rings (SSSR count). The highest BCUT2D eigenvalue weighted by molar-refractivity contribution is 9.10.